The number of aliphatic hydroxyl groups is 2. The number of carbonyl (C=O) groups excluding carboxylic acids is 2. The Balaban J connectivity index is 1.92. The zero-order chi connectivity index (χ0) is 33.2. The van der Waals surface area contributed by atoms with Crippen LogP contribution in [0.2, 0.25) is 0 Å². The quantitative estimate of drug-likeness (QED) is 0.195. The van der Waals surface area contributed by atoms with Gasteiger partial charge < -0.3 is 10.2 Å². The van der Waals surface area contributed by atoms with Crippen molar-refractivity contribution >= 4 is 11.6 Å². The summed E-state index contributed by atoms with van der Waals surface area (Å²) in [5, 5.41) is 20.6. The molecule has 0 radical (unpaired) electrons. The van der Waals surface area contributed by atoms with Crippen molar-refractivity contribution in [3.63, 3.8) is 0 Å². The maximum Gasteiger partial charge on any atom is 0.201 e. The molecule has 2 aliphatic rings. The molecule has 44 heavy (non-hydrogen) atoms. The number of carbonyl (C=O) groups is 2. The number of ketones is 2. The molecule has 2 unspecified atom stereocenters. The number of aliphatic hydroxyl groups excluding tert-OH is 2. The van der Waals surface area contributed by atoms with Crippen molar-refractivity contribution in [2.45, 2.75) is 94.3 Å². The lowest BCUT2D eigenvalue weighted by Gasteiger charge is -2.40. The van der Waals surface area contributed by atoms with Crippen molar-refractivity contribution in [2.24, 2.45) is 22.7 Å². The Morgan fingerprint density at radius 1 is 0.750 bits per heavy atom. The Morgan fingerprint density at radius 3 is 1.77 bits per heavy atom. The Bertz CT molecular complexity index is 1380. The molecule has 0 amide bonds. The van der Waals surface area contributed by atoms with Crippen LogP contribution in [0.25, 0.3) is 0 Å². The lowest BCUT2D eigenvalue weighted by Crippen LogP contribution is -2.44. The van der Waals surface area contributed by atoms with Gasteiger partial charge in [0.05, 0.1) is 12.2 Å². The van der Waals surface area contributed by atoms with Crippen molar-refractivity contribution in [3.8, 4) is 0 Å². The van der Waals surface area contributed by atoms with Crippen LogP contribution in [-0.4, -0.2) is 34.0 Å². The standard InChI is InChI=1S/C40H54O4/c1-27(17-13-19-29(3)21-23-33-31(5)25-35(41)38(44)40(33,9)10)15-11-12-16-28(2)18-14-20-30(4)22-24-34-32(6)37(43)36(42)26-39(34,7)8/h11-24,32,34-35,38,41,44H,25-26H2,1-10H3/t32?,34?,35-,38+/m1/s1. The third-order valence-electron chi connectivity index (χ3n) is 8.86. The minimum Gasteiger partial charge on any atom is -0.390 e. The molecule has 0 heterocycles. The fourth-order valence-electron chi connectivity index (χ4n) is 6.03. The number of allylic oxidation sites excluding steroid dienone is 18. The van der Waals surface area contributed by atoms with Crippen LogP contribution >= 0.6 is 0 Å². The fourth-order valence-corrected chi connectivity index (χ4v) is 6.03. The summed E-state index contributed by atoms with van der Waals surface area (Å²) < 4.78 is 0. The van der Waals surface area contributed by atoms with E-state index in [1.807, 2.05) is 71.9 Å². The molecule has 2 rings (SSSR count). The minimum absolute atomic E-state index is 0.0450. The third kappa shape index (κ3) is 10.4. The summed E-state index contributed by atoms with van der Waals surface area (Å²) in [6.45, 7) is 20.2. The Morgan fingerprint density at radius 2 is 1.23 bits per heavy atom. The highest BCUT2D eigenvalue weighted by molar-refractivity contribution is 6.38. The van der Waals surface area contributed by atoms with Crippen molar-refractivity contribution in [1.82, 2.24) is 0 Å². The van der Waals surface area contributed by atoms with Gasteiger partial charge in [0.1, 0.15) is 0 Å². The van der Waals surface area contributed by atoms with Crippen LogP contribution in [0.1, 0.15) is 82.1 Å². The zero-order valence-electron chi connectivity index (χ0n) is 28.5. The molecule has 4 atom stereocenters. The first-order valence-corrected chi connectivity index (χ1v) is 15.7. The summed E-state index contributed by atoms with van der Waals surface area (Å²) >= 11 is 0. The van der Waals surface area contributed by atoms with E-state index < -0.39 is 17.6 Å². The van der Waals surface area contributed by atoms with E-state index in [0.717, 1.165) is 33.4 Å². The van der Waals surface area contributed by atoms with Crippen LogP contribution < -0.4 is 0 Å². The van der Waals surface area contributed by atoms with Crippen LogP contribution in [0.5, 0.6) is 0 Å². The van der Waals surface area contributed by atoms with Gasteiger partial charge in [-0.15, -0.1) is 0 Å². The zero-order valence-corrected chi connectivity index (χ0v) is 28.5. The minimum atomic E-state index is -0.771. The monoisotopic (exact) mass is 598 g/mol. The second-order valence-corrected chi connectivity index (χ2v) is 13.8. The smallest absolute Gasteiger partial charge is 0.201 e. The molecule has 2 aliphatic carbocycles. The molecule has 4 heteroatoms. The molecule has 0 saturated heterocycles. The van der Waals surface area contributed by atoms with Gasteiger partial charge in [0.25, 0.3) is 0 Å². The molecular weight excluding hydrogens is 544 g/mol. The van der Waals surface area contributed by atoms with Gasteiger partial charge in [-0.05, 0) is 57.9 Å². The maximum atomic E-state index is 12.2. The molecule has 0 bridgehead atoms. The van der Waals surface area contributed by atoms with Crippen LogP contribution in [-0.2, 0) is 9.59 Å². The molecule has 0 aromatic heterocycles. The van der Waals surface area contributed by atoms with Crippen molar-refractivity contribution in [2.75, 3.05) is 0 Å². The molecule has 4 nitrogen and oxygen atoms in total. The van der Waals surface area contributed by atoms with E-state index in [4.69, 9.17) is 0 Å². The first kappa shape index (κ1) is 36.8. The van der Waals surface area contributed by atoms with E-state index in [1.54, 1.807) is 0 Å². The van der Waals surface area contributed by atoms with E-state index in [2.05, 4.69) is 82.4 Å². The topological polar surface area (TPSA) is 74.6 Å². The Kier molecular flexibility index (Phi) is 13.5. The highest BCUT2D eigenvalue weighted by Crippen LogP contribution is 2.42. The molecule has 1 saturated carbocycles. The van der Waals surface area contributed by atoms with Gasteiger partial charge in [0, 0.05) is 17.8 Å². The molecule has 0 aromatic rings. The largest absolute Gasteiger partial charge is 0.390 e. The first-order valence-electron chi connectivity index (χ1n) is 15.7. The van der Waals surface area contributed by atoms with Gasteiger partial charge in [0.15, 0.2) is 5.78 Å². The molecule has 0 aliphatic heterocycles. The number of hydrogen-bond donors (Lipinski definition) is 2. The number of Topliss-reactive ketones (excluding diaryl/α,β-unsaturated/α-hetero) is 2. The first-order chi connectivity index (χ1) is 20.5. The lowest BCUT2D eigenvalue weighted by molar-refractivity contribution is -0.145. The van der Waals surface area contributed by atoms with Crippen molar-refractivity contribution < 1.29 is 19.8 Å². The highest BCUT2D eigenvalue weighted by atomic mass is 16.3. The van der Waals surface area contributed by atoms with E-state index in [0.29, 0.717) is 12.8 Å². The normalized spacial score (nSPS) is 27.8. The third-order valence-corrected chi connectivity index (χ3v) is 8.86. The second-order valence-electron chi connectivity index (χ2n) is 13.8. The van der Waals surface area contributed by atoms with Gasteiger partial charge in [0.2, 0.25) is 5.78 Å². The van der Waals surface area contributed by atoms with Gasteiger partial charge in [-0.3, -0.25) is 9.59 Å². The molecule has 2 N–H and O–H groups in total. The van der Waals surface area contributed by atoms with Crippen LogP contribution in [0.15, 0.2) is 119 Å². The van der Waals surface area contributed by atoms with Gasteiger partial charge >= 0.3 is 0 Å². The molecule has 1 fully saturated rings. The Labute approximate surface area is 266 Å². The summed E-state index contributed by atoms with van der Waals surface area (Å²) in [6, 6.07) is 0. The maximum absolute atomic E-state index is 12.2. The van der Waals surface area contributed by atoms with Crippen LogP contribution in [0.3, 0.4) is 0 Å². The predicted octanol–water partition coefficient (Wildman–Crippen LogP) is 8.84. The van der Waals surface area contributed by atoms with E-state index >= 15 is 0 Å². The predicted molar refractivity (Wildman–Crippen MR) is 185 cm³/mol. The molecule has 238 valence electrons. The Hall–Kier alpha value is -3.34. The van der Waals surface area contributed by atoms with Gasteiger partial charge in [-0.2, -0.15) is 0 Å². The lowest BCUT2D eigenvalue weighted by atomic mass is 9.63. The summed E-state index contributed by atoms with van der Waals surface area (Å²) in [5.74, 6) is -0.730. The van der Waals surface area contributed by atoms with E-state index in [1.165, 1.54) is 0 Å². The summed E-state index contributed by atoms with van der Waals surface area (Å²) in [5.41, 5.74) is 5.93. The highest BCUT2D eigenvalue weighted by Gasteiger charge is 2.44. The van der Waals surface area contributed by atoms with Crippen molar-refractivity contribution in [1.29, 1.82) is 0 Å². The van der Waals surface area contributed by atoms with E-state index in [9.17, 15) is 19.8 Å². The molecular formula is C40H54O4. The fraction of sp³-hybridized carbons (Fsp3) is 0.450. The van der Waals surface area contributed by atoms with Crippen molar-refractivity contribution in [3.05, 3.63) is 119 Å². The van der Waals surface area contributed by atoms with Crippen LogP contribution in [0.4, 0.5) is 0 Å². The second kappa shape index (κ2) is 16.1. The summed E-state index contributed by atoms with van der Waals surface area (Å²) in [4.78, 5) is 24.2. The summed E-state index contributed by atoms with van der Waals surface area (Å²) in [6.07, 6.45) is 28.1. The summed E-state index contributed by atoms with van der Waals surface area (Å²) in [7, 11) is 0. The molecule has 0 spiro atoms. The van der Waals surface area contributed by atoms with Crippen LogP contribution in [0, 0.1) is 22.7 Å². The number of rotatable bonds is 10. The van der Waals surface area contributed by atoms with Gasteiger partial charge in [-0.1, -0.05) is 148 Å². The number of hydrogen-bond acceptors (Lipinski definition) is 4. The average Bonchev–Trinajstić information content (AvgIpc) is 2.92. The average molecular weight is 599 g/mol. The SMILES string of the molecule is CC(C=CC=C(C)C=CC1=C(C)C[C@@H](O)[C@H](O)C1(C)C)=CC=CC=C(C)C=CC=C(C)C=CC1C(C)C(=O)C(=O)CC1(C)C. The molecule has 0 aromatic carbocycles. The van der Waals surface area contributed by atoms with E-state index in [-0.39, 0.29) is 28.8 Å². The van der Waals surface area contributed by atoms with Gasteiger partial charge in [-0.25, -0.2) is 0 Å².